The zero-order chi connectivity index (χ0) is 16.4. The third-order valence-electron chi connectivity index (χ3n) is 4.44. The lowest BCUT2D eigenvalue weighted by molar-refractivity contribution is -0.135. The second-order valence-corrected chi connectivity index (χ2v) is 9.63. The molecule has 6 nitrogen and oxygen atoms in total. The summed E-state index contributed by atoms with van der Waals surface area (Å²) >= 11 is 1.31. The number of fused-ring (bicyclic) bond motifs is 3. The van der Waals surface area contributed by atoms with Gasteiger partial charge in [-0.15, -0.1) is 11.3 Å². The molecule has 3 rings (SSSR count). The number of thiophene rings is 1. The quantitative estimate of drug-likeness (QED) is 0.781. The minimum atomic E-state index is -3.63. The van der Waals surface area contributed by atoms with E-state index in [1.54, 1.807) is 11.4 Å². The van der Waals surface area contributed by atoms with Crippen LogP contribution < -0.4 is 0 Å². The van der Waals surface area contributed by atoms with Gasteiger partial charge in [0.1, 0.15) is 10.6 Å². The third-order valence-corrected chi connectivity index (χ3v) is 7.37. The Morgan fingerprint density at radius 3 is 2.59 bits per heavy atom. The minimum absolute atomic E-state index is 0.127. The van der Waals surface area contributed by atoms with Crippen molar-refractivity contribution in [2.24, 2.45) is 10.5 Å². The van der Waals surface area contributed by atoms with Crippen LogP contribution in [0.4, 0.5) is 0 Å². The van der Waals surface area contributed by atoms with E-state index >= 15 is 0 Å². The summed E-state index contributed by atoms with van der Waals surface area (Å²) in [6, 6.07) is 0.601. The SMILES string of the molecule is CC(N1N=C2c3sccc3S(=O)(=O)N(C)C2C1=O)C(C)(C)C. The lowest BCUT2D eigenvalue weighted by Crippen LogP contribution is -2.52. The predicted octanol–water partition coefficient (Wildman–Crippen LogP) is 1.73. The number of hydrogen-bond acceptors (Lipinski definition) is 5. The maximum atomic E-state index is 12.8. The van der Waals surface area contributed by atoms with E-state index in [4.69, 9.17) is 0 Å². The van der Waals surface area contributed by atoms with Crippen LogP contribution in [0.15, 0.2) is 21.4 Å². The molecule has 0 radical (unpaired) electrons. The molecule has 0 saturated heterocycles. The molecule has 22 heavy (non-hydrogen) atoms. The Balaban J connectivity index is 2.14. The van der Waals surface area contributed by atoms with E-state index in [-0.39, 0.29) is 22.3 Å². The highest BCUT2D eigenvalue weighted by Crippen LogP contribution is 2.38. The molecular formula is C14H19N3O3S2. The Morgan fingerprint density at radius 2 is 2.00 bits per heavy atom. The summed E-state index contributed by atoms with van der Waals surface area (Å²) in [6.07, 6.45) is 0. The lowest BCUT2D eigenvalue weighted by Gasteiger charge is -2.33. The fourth-order valence-corrected chi connectivity index (χ4v) is 5.29. The first-order chi connectivity index (χ1) is 10.1. The van der Waals surface area contributed by atoms with Crippen molar-refractivity contribution in [1.29, 1.82) is 0 Å². The van der Waals surface area contributed by atoms with Crippen molar-refractivity contribution in [2.75, 3.05) is 7.05 Å². The largest absolute Gasteiger partial charge is 0.271 e. The summed E-state index contributed by atoms with van der Waals surface area (Å²) in [6.45, 7) is 8.03. The van der Waals surface area contributed by atoms with E-state index in [2.05, 4.69) is 5.10 Å². The Bertz CT molecular complexity index is 773. The molecule has 2 unspecified atom stereocenters. The summed E-state index contributed by atoms with van der Waals surface area (Å²) < 4.78 is 26.2. The van der Waals surface area contributed by atoms with Crippen LogP contribution in [-0.2, 0) is 14.8 Å². The molecule has 120 valence electrons. The number of carbonyl (C=O) groups excluding carboxylic acids is 1. The highest BCUT2D eigenvalue weighted by atomic mass is 32.2. The van der Waals surface area contributed by atoms with E-state index in [1.165, 1.54) is 23.4 Å². The number of likely N-dealkylation sites (N-methyl/N-ethyl adjacent to an activating group) is 1. The molecule has 1 aromatic rings. The van der Waals surface area contributed by atoms with Gasteiger partial charge in [-0.1, -0.05) is 20.8 Å². The van der Waals surface area contributed by atoms with Gasteiger partial charge in [0.2, 0.25) is 10.0 Å². The fourth-order valence-electron chi connectivity index (χ4n) is 2.59. The van der Waals surface area contributed by atoms with Gasteiger partial charge in [-0.25, -0.2) is 13.4 Å². The van der Waals surface area contributed by atoms with Crippen LogP contribution >= 0.6 is 11.3 Å². The number of nitrogens with zero attached hydrogens (tertiary/aromatic N) is 3. The molecule has 2 aliphatic rings. The molecule has 0 bridgehead atoms. The van der Waals surface area contributed by atoms with Crippen LogP contribution in [0.25, 0.3) is 0 Å². The number of sulfonamides is 1. The summed E-state index contributed by atoms with van der Waals surface area (Å²) in [7, 11) is -2.19. The molecular weight excluding hydrogens is 322 g/mol. The standard InChI is InChI=1S/C14H19N3O3S2/c1-8(14(2,3)4)17-13(18)11-10(15-17)12-9(6-7-21-12)22(19,20)16(11)5/h6-8,11H,1-5H3. The van der Waals surface area contributed by atoms with Gasteiger partial charge in [-0.05, 0) is 23.8 Å². The summed E-state index contributed by atoms with van der Waals surface area (Å²) in [5.41, 5.74) is 0.395. The monoisotopic (exact) mass is 341 g/mol. The van der Waals surface area contributed by atoms with Crippen molar-refractivity contribution in [3.05, 3.63) is 16.3 Å². The first kappa shape index (κ1) is 15.6. The number of hydrazone groups is 1. The zero-order valence-electron chi connectivity index (χ0n) is 13.2. The number of hydrogen-bond donors (Lipinski definition) is 0. The molecule has 0 aliphatic carbocycles. The highest BCUT2D eigenvalue weighted by molar-refractivity contribution is 7.89. The topological polar surface area (TPSA) is 70.1 Å². The molecule has 3 heterocycles. The van der Waals surface area contributed by atoms with Gasteiger partial charge in [-0.2, -0.15) is 9.41 Å². The van der Waals surface area contributed by atoms with Crippen molar-refractivity contribution in [3.63, 3.8) is 0 Å². The van der Waals surface area contributed by atoms with Gasteiger partial charge < -0.3 is 0 Å². The molecule has 2 atom stereocenters. The maximum absolute atomic E-state index is 12.8. The predicted molar refractivity (Wildman–Crippen MR) is 85.4 cm³/mol. The zero-order valence-corrected chi connectivity index (χ0v) is 14.8. The molecule has 0 N–H and O–H groups in total. The second kappa shape index (κ2) is 4.62. The summed E-state index contributed by atoms with van der Waals surface area (Å²) in [5, 5.41) is 7.66. The van der Waals surface area contributed by atoms with Crippen LogP contribution in [-0.4, -0.2) is 48.5 Å². The minimum Gasteiger partial charge on any atom is -0.271 e. The van der Waals surface area contributed by atoms with Crippen LogP contribution in [0.3, 0.4) is 0 Å². The summed E-state index contributed by atoms with van der Waals surface area (Å²) in [4.78, 5) is 13.6. The molecule has 1 aromatic heterocycles. The molecule has 0 fully saturated rings. The van der Waals surface area contributed by atoms with Crippen LogP contribution in [0.2, 0.25) is 0 Å². The Labute approximate surface area is 134 Å². The smallest absolute Gasteiger partial charge is 0.267 e. The van der Waals surface area contributed by atoms with Crippen molar-refractivity contribution < 1.29 is 13.2 Å². The van der Waals surface area contributed by atoms with Gasteiger partial charge in [0.25, 0.3) is 5.91 Å². The van der Waals surface area contributed by atoms with E-state index in [0.717, 1.165) is 4.31 Å². The normalized spacial score (nSPS) is 25.7. The first-order valence-electron chi connectivity index (χ1n) is 7.04. The lowest BCUT2D eigenvalue weighted by atomic mass is 9.87. The number of carbonyl (C=O) groups is 1. The van der Waals surface area contributed by atoms with Crippen molar-refractivity contribution in [2.45, 2.75) is 44.7 Å². The molecule has 1 amide bonds. The molecule has 0 aromatic carbocycles. The summed E-state index contributed by atoms with van der Waals surface area (Å²) in [5.74, 6) is -0.275. The van der Waals surface area contributed by atoms with Crippen molar-refractivity contribution in [3.8, 4) is 0 Å². The molecule has 0 spiro atoms. The Morgan fingerprint density at radius 1 is 1.36 bits per heavy atom. The first-order valence-corrected chi connectivity index (χ1v) is 9.36. The Hall–Kier alpha value is -1.25. The van der Waals surface area contributed by atoms with E-state index in [1.807, 2.05) is 27.7 Å². The van der Waals surface area contributed by atoms with Gasteiger partial charge >= 0.3 is 0 Å². The van der Waals surface area contributed by atoms with Crippen molar-refractivity contribution >= 4 is 33.0 Å². The van der Waals surface area contributed by atoms with Crippen LogP contribution in [0.1, 0.15) is 32.6 Å². The van der Waals surface area contributed by atoms with Gasteiger partial charge in [0, 0.05) is 7.05 Å². The van der Waals surface area contributed by atoms with Crippen molar-refractivity contribution in [1.82, 2.24) is 9.31 Å². The number of amides is 1. The van der Waals surface area contributed by atoms with Crippen LogP contribution in [0, 0.1) is 5.41 Å². The molecule has 0 saturated carbocycles. The highest BCUT2D eigenvalue weighted by Gasteiger charge is 2.51. The average Bonchev–Trinajstić information content (AvgIpc) is 2.99. The van der Waals surface area contributed by atoms with Crippen LogP contribution in [0.5, 0.6) is 0 Å². The van der Waals surface area contributed by atoms with Gasteiger partial charge in [-0.3, -0.25) is 4.79 Å². The fraction of sp³-hybridized carbons (Fsp3) is 0.571. The second-order valence-electron chi connectivity index (χ2n) is 6.75. The van der Waals surface area contributed by atoms with E-state index in [9.17, 15) is 13.2 Å². The third kappa shape index (κ3) is 1.97. The molecule has 2 aliphatic heterocycles. The molecule has 8 heteroatoms. The average molecular weight is 341 g/mol. The van der Waals surface area contributed by atoms with Gasteiger partial charge in [0.05, 0.1) is 10.9 Å². The maximum Gasteiger partial charge on any atom is 0.267 e. The Kier molecular flexibility index (Phi) is 3.29. The van der Waals surface area contributed by atoms with E-state index in [0.29, 0.717) is 10.6 Å². The van der Waals surface area contributed by atoms with Gasteiger partial charge in [0.15, 0.2) is 6.04 Å². The number of rotatable bonds is 1. The van der Waals surface area contributed by atoms with E-state index < -0.39 is 16.1 Å².